The summed E-state index contributed by atoms with van der Waals surface area (Å²) in [5.41, 5.74) is 10.4. The van der Waals surface area contributed by atoms with Crippen LogP contribution < -0.4 is 10.9 Å². The first kappa shape index (κ1) is 22.1. The Morgan fingerprint density at radius 1 is 0.667 bits per heavy atom. The van der Waals surface area contributed by atoms with Gasteiger partial charge in [0.1, 0.15) is 0 Å². The predicted octanol–water partition coefficient (Wildman–Crippen LogP) is 7.45. The van der Waals surface area contributed by atoms with E-state index in [1.807, 2.05) is 109 Å². The standard InChI is InChI=1S/C26H21BrN6/c27-22-15-17-25(18-16-22)31-33-26(32-30-24-9-5-2-6-10-24)21-13-11-20(12-14-21)19-28-29-23-7-3-1-4-8-23/h1-19,29-30H/b28-19-,32-26-,33-31?. The van der Waals surface area contributed by atoms with Crippen LogP contribution in [0.2, 0.25) is 0 Å². The number of nitrogens with one attached hydrogen (secondary N) is 2. The highest BCUT2D eigenvalue weighted by molar-refractivity contribution is 9.10. The number of benzene rings is 4. The van der Waals surface area contributed by atoms with Crippen molar-refractivity contribution < 1.29 is 0 Å². The van der Waals surface area contributed by atoms with E-state index in [0.717, 1.165) is 32.7 Å². The molecule has 0 aromatic heterocycles. The topological polar surface area (TPSA) is 73.5 Å². The number of halogens is 1. The molecule has 0 aliphatic heterocycles. The third-order valence-corrected chi connectivity index (χ3v) is 5.03. The van der Waals surface area contributed by atoms with Gasteiger partial charge in [0.25, 0.3) is 0 Å². The summed E-state index contributed by atoms with van der Waals surface area (Å²) in [5, 5.41) is 17.5. The van der Waals surface area contributed by atoms with Crippen molar-refractivity contribution in [3.63, 3.8) is 0 Å². The summed E-state index contributed by atoms with van der Waals surface area (Å²) in [5.74, 6) is 0.465. The second-order valence-electron chi connectivity index (χ2n) is 6.95. The van der Waals surface area contributed by atoms with Crippen molar-refractivity contribution in [2.75, 3.05) is 10.9 Å². The summed E-state index contributed by atoms with van der Waals surface area (Å²) in [4.78, 5) is 0. The molecule has 0 amide bonds. The molecule has 6 nitrogen and oxygen atoms in total. The van der Waals surface area contributed by atoms with Crippen LogP contribution in [0.1, 0.15) is 11.1 Å². The van der Waals surface area contributed by atoms with Crippen LogP contribution in [-0.4, -0.2) is 12.1 Å². The van der Waals surface area contributed by atoms with E-state index in [1.54, 1.807) is 6.21 Å². The first-order valence-electron chi connectivity index (χ1n) is 10.3. The van der Waals surface area contributed by atoms with Crippen LogP contribution in [0.4, 0.5) is 17.1 Å². The van der Waals surface area contributed by atoms with Crippen LogP contribution in [-0.2, 0) is 0 Å². The molecule has 0 aliphatic rings. The van der Waals surface area contributed by atoms with E-state index in [2.05, 4.69) is 47.2 Å². The average Bonchev–Trinajstić information content (AvgIpc) is 2.87. The normalized spacial score (nSPS) is 11.7. The van der Waals surface area contributed by atoms with Crippen LogP contribution in [0, 0.1) is 0 Å². The molecule has 162 valence electrons. The smallest absolute Gasteiger partial charge is 0.201 e. The molecule has 0 atom stereocenters. The lowest BCUT2D eigenvalue weighted by atomic mass is 10.1. The Balaban J connectivity index is 1.52. The zero-order chi connectivity index (χ0) is 22.7. The molecule has 33 heavy (non-hydrogen) atoms. The number of hydrazone groups is 2. The highest BCUT2D eigenvalue weighted by atomic mass is 79.9. The third-order valence-electron chi connectivity index (χ3n) is 4.50. The van der Waals surface area contributed by atoms with Crippen LogP contribution in [0.15, 0.2) is 134 Å². The van der Waals surface area contributed by atoms with Gasteiger partial charge in [0.2, 0.25) is 5.84 Å². The molecule has 0 saturated heterocycles. The van der Waals surface area contributed by atoms with E-state index in [4.69, 9.17) is 0 Å². The van der Waals surface area contributed by atoms with E-state index in [1.165, 1.54) is 0 Å². The number of hydrogen-bond donors (Lipinski definition) is 2. The van der Waals surface area contributed by atoms with Gasteiger partial charge in [-0.25, -0.2) is 0 Å². The summed E-state index contributed by atoms with van der Waals surface area (Å²) >= 11 is 3.43. The number of amidine groups is 1. The van der Waals surface area contributed by atoms with Gasteiger partial charge in [-0.15, -0.1) is 10.2 Å². The first-order valence-corrected chi connectivity index (χ1v) is 11.1. The van der Waals surface area contributed by atoms with Gasteiger partial charge in [0, 0.05) is 10.0 Å². The van der Waals surface area contributed by atoms with Crippen molar-refractivity contribution in [3.05, 3.63) is 125 Å². The van der Waals surface area contributed by atoms with E-state index in [0.29, 0.717) is 5.84 Å². The van der Waals surface area contributed by atoms with E-state index in [-0.39, 0.29) is 0 Å². The molecule has 7 heteroatoms. The largest absolute Gasteiger partial charge is 0.279 e. The number of anilines is 2. The minimum atomic E-state index is 0.465. The Kier molecular flexibility index (Phi) is 7.70. The summed E-state index contributed by atoms with van der Waals surface area (Å²) < 4.78 is 0.986. The maximum absolute atomic E-state index is 4.48. The quantitative estimate of drug-likeness (QED) is 0.120. The molecule has 0 unspecified atom stereocenters. The third kappa shape index (κ3) is 6.95. The fourth-order valence-corrected chi connectivity index (χ4v) is 3.06. The van der Waals surface area contributed by atoms with Gasteiger partial charge in [-0.1, -0.05) is 76.6 Å². The summed E-state index contributed by atoms with van der Waals surface area (Å²) in [7, 11) is 0. The number of para-hydroxylation sites is 2. The first-order chi connectivity index (χ1) is 16.3. The van der Waals surface area contributed by atoms with Crippen LogP contribution in [0.25, 0.3) is 0 Å². The van der Waals surface area contributed by atoms with Gasteiger partial charge in [-0.2, -0.15) is 10.2 Å². The Bertz CT molecular complexity index is 1240. The molecule has 0 heterocycles. The van der Waals surface area contributed by atoms with Gasteiger partial charge < -0.3 is 0 Å². The molecule has 0 aliphatic carbocycles. The summed E-state index contributed by atoms with van der Waals surface area (Å²) in [6, 6.07) is 34.9. The zero-order valence-electron chi connectivity index (χ0n) is 17.6. The Labute approximate surface area is 200 Å². The molecule has 0 spiro atoms. The second kappa shape index (κ2) is 11.5. The molecule has 0 radical (unpaired) electrons. The highest BCUT2D eigenvalue weighted by Gasteiger charge is 2.04. The molecule has 4 aromatic carbocycles. The lowest BCUT2D eigenvalue weighted by Gasteiger charge is -2.04. The maximum Gasteiger partial charge on any atom is 0.201 e. The monoisotopic (exact) mass is 496 g/mol. The molecular weight excluding hydrogens is 476 g/mol. The molecule has 2 N–H and O–H groups in total. The Morgan fingerprint density at radius 3 is 1.91 bits per heavy atom. The molecule has 4 rings (SSSR count). The highest BCUT2D eigenvalue weighted by Crippen LogP contribution is 2.18. The Morgan fingerprint density at radius 2 is 1.27 bits per heavy atom. The number of rotatable bonds is 7. The van der Waals surface area contributed by atoms with Crippen molar-refractivity contribution in [2.24, 2.45) is 20.4 Å². The summed E-state index contributed by atoms with van der Waals surface area (Å²) in [6.07, 6.45) is 1.76. The summed E-state index contributed by atoms with van der Waals surface area (Å²) in [6.45, 7) is 0. The lowest BCUT2D eigenvalue weighted by Crippen LogP contribution is -2.01. The minimum absolute atomic E-state index is 0.465. The molecule has 0 bridgehead atoms. The van der Waals surface area contributed by atoms with Crippen molar-refractivity contribution in [2.45, 2.75) is 0 Å². The van der Waals surface area contributed by atoms with Gasteiger partial charge in [-0.3, -0.25) is 10.9 Å². The van der Waals surface area contributed by atoms with E-state index in [9.17, 15) is 0 Å². The molecule has 4 aromatic rings. The minimum Gasteiger partial charge on any atom is -0.279 e. The van der Waals surface area contributed by atoms with Crippen LogP contribution in [0.5, 0.6) is 0 Å². The molecular formula is C26H21BrN6. The van der Waals surface area contributed by atoms with Gasteiger partial charge >= 0.3 is 0 Å². The second-order valence-corrected chi connectivity index (χ2v) is 7.86. The van der Waals surface area contributed by atoms with Crippen molar-refractivity contribution in [3.8, 4) is 0 Å². The van der Waals surface area contributed by atoms with E-state index < -0.39 is 0 Å². The number of nitrogens with zero attached hydrogens (tertiary/aromatic N) is 4. The molecule has 0 fully saturated rings. The fourth-order valence-electron chi connectivity index (χ4n) is 2.80. The van der Waals surface area contributed by atoms with Crippen LogP contribution >= 0.6 is 15.9 Å². The zero-order valence-corrected chi connectivity index (χ0v) is 19.2. The van der Waals surface area contributed by atoms with Crippen molar-refractivity contribution >= 4 is 45.0 Å². The van der Waals surface area contributed by atoms with E-state index >= 15 is 0 Å². The van der Waals surface area contributed by atoms with Crippen LogP contribution in [0.3, 0.4) is 0 Å². The molecule has 0 saturated carbocycles. The van der Waals surface area contributed by atoms with Gasteiger partial charge in [-0.05, 0) is 54.1 Å². The number of hydrogen-bond acceptors (Lipinski definition) is 5. The van der Waals surface area contributed by atoms with Gasteiger partial charge in [0.05, 0.1) is 23.3 Å². The SMILES string of the molecule is Brc1ccc(N=N/C(=N\Nc2ccccc2)c2ccc(/C=N\Nc3ccccc3)cc2)cc1. The van der Waals surface area contributed by atoms with Crippen molar-refractivity contribution in [1.29, 1.82) is 0 Å². The maximum atomic E-state index is 4.48. The van der Waals surface area contributed by atoms with Crippen molar-refractivity contribution in [1.82, 2.24) is 0 Å². The lowest BCUT2D eigenvalue weighted by molar-refractivity contribution is 1.22. The average molecular weight is 497 g/mol. The fraction of sp³-hybridized carbons (Fsp3) is 0. The number of azo groups is 1. The predicted molar refractivity (Wildman–Crippen MR) is 139 cm³/mol. The van der Waals surface area contributed by atoms with Gasteiger partial charge in [0.15, 0.2) is 0 Å². The Hall–Kier alpha value is -4.10.